The molecule has 1 heterocycles. The number of nitrogens with zero attached hydrogens (tertiary/aromatic N) is 2. The molecule has 0 amide bonds. The van der Waals surface area contributed by atoms with Crippen molar-refractivity contribution in [2.45, 2.75) is 39.0 Å². The van der Waals surface area contributed by atoms with Gasteiger partial charge in [-0.05, 0) is 38.2 Å². The van der Waals surface area contributed by atoms with E-state index in [1.807, 2.05) is 0 Å². The summed E-state index contributed by atoms with van der Waals surface area (Å²) in [6.45, 7) is 2.10. The average Bonchev–Trinajstić information content (AvgIpc) is 2.39. The van der Waals surface area contributed by atoms with Crippen LogP contribution in [0, 0.1) is 6.92 Å². The number of aryl methyl sites for hydroxylation is 2. The monoisotopic (exact) mass is 272 g/mol. The van der Waals surface area contributed by atoms with Crippen LogP contribution in [0.3, 0.4) is 0 Å². The molecule has 1 aliphatic carbocycles. The first-order valence-corrected chi connectivity index (χ1v) is 7.20. The van der Waals surface area contributed by atoms with E-state index in [1.54, 1.807) is 0 Å². The van der Waals surface area contributed by atoms with Crippen LogP contribution in [-0.4, -0.2) is 9.97 Å². The molecule has 0 atom stereocenters. The third-order valence-electron chi connectivity index (χ3n) is 3.62. The maximum absolute atomic E-state index is 6.29. The van der Waals surface area contributed by atoms with Crippen LogP contribution in [0.2, 0.25) is 5.15 Å². The lowest BCUT2D eigenvalue weighted by Gasteiger charge is -2.16. The molecular weight excluding hydrogens is 256 g/mol. The molecule has 0 unspecified atom stereocenters. The summed E-state index contributed by atoms with van der Waals surface area (Å²) in [7, 11) is 0. The minimum absolute atomic E-state index is 0.660. The number of benzene rings is 1. The summed E-state index contributed by atoms with van der Waals surface area (Å²) in [6, 6.07) is 8.47. The van der Waals surface area contributed by atoms with Crippen LogP contribution in [-0.2, 0) is 19.3 Å². The SMILES string of the molecule is Cc1cccc(Cc2nc(Cl)c3c(n2)CCCC3)c1. The highest BCUT2D eigenvalue weighted by Gasteiger charge is 2.16. The summed E-state index contributed by atoms with van der Waals surface area (Å²) in [5.41, 5.74) is 4.84. The van der Waals surface area contributed by atoms with Gasteiger partial charge in [0.1, 0.15) is 11.0 Å². The van der Waals surface area contributed by atoms with Gasteiger partial charge in [-0.2, -0.15) is 0 Å². The van der Waals surface area contributed by atoms with Crippen molar-refractivity contribution in [1.82, 2.24) is 9.97 Å². The lowest BCUT2D eigenvalue weighted by Crippen LogP contribution is -2.10. The molecule has 1 aromatic heterocycles. The Kier molecular flexibility index (Phi) is 3.52. The number of aromatic nitrogens is 2. The second kappa shape index (κ2) is 5.30. The van der Waals surface area contributed by atoms with Gasteiger partial charge in [-0.25, -0.2) is 9.97 Å². The normalized spacial score (nSPS) is 14.2. The molecule has 0 bridgehead atoms. The first-order valence-electron chi connectivity index (χ1n) is 6.82. The smallest absolute Gasteiger partial charge is 0.136 e. The van der Waals surface area contributed by atoms with Crippen molar-refractivity contribution in [1.29, 1.82) is 0 Å². The lowest BCUT2D eigenvalue weighted by atomic mass is 9.97. The van der Waals surface area contributed by atoms with Crippen molar-refractivity contribution in [3.05, 3.63) is 57.6 Å². The van der Waals surface area contributed by atoms with E-state index < -0.39 is 0 Å². The molecule has 3 heteroatoms. The van der Waals surface area contributed by atoms with E-state index >= 15 is 0 Å². The summed E-state index contributed by atoms with van der Waals surface area (Å²) < 4.78 is 0. The Morgan fingerprint density at radius 3 is 2.84 bits per heavy atom. The molecule has 98 valence electrons. The molecule has 1 aliphatic rings. The summed E-state index contributed by atoms with van der Waals surface area (Å²) in [5.74, 6) is 0.844. The van der Waals surface area contributed by atoms with Gasteiger partial charge in [0, 0.05) is 17.7 Å². The maximum atomic E-state index is 6.29. The van der Waals surface area contributed by atoms with Gasteiger partial charge in [0.15, 0.2) is 0 Å². The highest BCUT2D eigenvalue weighted by molar-refractivity contribution is 6.30. The fourth-order valence-corrected chi connectivity index (χ4v) is 2.98. The minimum Gasteiger partial charge on any atom is -0.237 e. The zero-order valence-electron chi connectivity index (χ0n) is 11.1. The highest BCUT2D eigenvalue weighted by Crippen LogP contribution is 2.25. The molecule has 2 aromatic rings. The molecule has 2 nitrogen and oxygen atoms in total. The third kappa shape index (κ3) is 2.79. The zero-order chi connectivity index (χ0) is 13.2. The van der Waals surface area contributed by atoms with Crippen molar-refractivity contribution in [2.75, 3.05) is 0 Å². The standard InChI is InChI=1S/C16H17ClN2/c1-11-5-4-6-12(9-11)10-15-18-14-8-3-2-7-13(14)16(17)19-15/h4-6,9H,2-3,7-8,10H2,1H3. The van der Waals surface area contributed by atoms with E-state index in [2.05, 4.69) is 36.2 Å². The molecule has 19 heavy (non-hydrogen) atoms. The molecule has 3 rings (SSSR count). The molecule has 1 aromatic carbocycles. The summed E-state index contributed by atoms with van der Waals surface area (Å²) in [5, 5.41) is 0.660. The molecule has 0 saturated carbocycles. The second-order valence-electron chi connectivity index (χ2n) is 5.23. The Bertz CT molecular complexity index is 608. The van der Waals surface area contributed by atoms with Gasteiger partial charge < -0.3 is 0 Å². The lowest BCUT2D eigenvalue weighted by molar-refractivity contribution is 0.656. The van der Waals surface area contributed by atoms with E-state index in [1.165, 1.54) is 29.5 Å². The maximum Gasteiger partial charge on any atom is 0.136 e. The topological polar surface area (TPSA) is 25.8 Å². The quantitative estimate of drug-likeness (QED) is 0.775. The van der Waals surface area contributed by atoms with Crippen LogP contribution in [0.5, 0.6) is 0 Å². The third-order valence-corrected chi connectivity index (χ3v) is 3.94. The van der Waals surface area contributed by atoms with Crippen molar-refractivity contribution in [3.8, 4) is 0 Å². The van der Waals surface area contributed by atoms with Crippen LogP contribution in [0.15, 0.2) is 24.3 Å². The molecule has 0 N–H and O–H groups in total. The van der Waals surface area contributed by atoms with Crippen LogP contribution >= 0.6 is 11.6 Å². The predicted molar refractivity (Wildman–Crippen MR) is 77.7 cm³/mol. The Labute approximate surface area is 118 Å². The first-order chi connectivity index (χ1) is 9.22. The predicted octanol–water partition coefficient (Wildman–Crippen LogP) is 3.91. The minimum atomic E-state index is 0.660. The van der Waals surface area contributed by atoms with Crippen LogP contribution in [0.1, 0.15) is 41.1 Å². The molecule has 0 fully saturated rings. The molecular formula is C16H17ClN2. The Morgan fingerprint density at radius 2 is 2.00 bits per heavy atom. The number of rotatable bonds is 2. The fraction of sp³-hybridized carbons (Fsp3) is 0.375. The van der Waals surface area contributed by atoms with Gasteiger partial charge in [-0.15, -0.1) is 0 Å². The highest BCUT2D eigenvalue weighted by atomic mass is 35.5. The largest absolute Gasteiger partial charge is 0.237 e. The summed E-state index contributed by atoms with van der Waals surface area (Å²) in [4.78, 5) is 9.17. The summed E-state index contributed by atoms with van der Waals surface area (Å²) >= 11 is 6.29. The van der Waals surface area contributed by atoms with Crippen molar-refractivity contribution in [3.63, 3.8) is 0 Å². The average molecular weight is 273 g/mol. The number of hydrogen-bond donors (Lipinski definition) is 0. The van der Waals surface area contributed by atoms with Gasteiger partial charge in [0.25, 0.3) is 0 Å². The number of hydrogen-bond acceptors (Lipinski definition) is 2. The van der Waals surface area contributed by atoms with E-state index in [0.717, 1.165) is 30.8 Å². The molecule has 0 radical (unpaired) electrons. The van der Waals surface area contributed by atoms with Gasteiger partial charge in [0.05, 0.1) is 0 Å². The Hall–Kier alpha value is -1.41. The molecule has 0 aliphatic heterocycles. The van der Waals surface area contributed by atoms with Gasteiger partial charge in [-0.1, -0.05) is 41.4 Å². The zero-order valence-corrected chi connectivity index (χ0v) is 11.9. The van der Waals surface area contributed by atoms with Crippen molar-refractivity contribution in [2.24, 2.45) is 0 Å². The van der Waals surface area contributed by atoms with Crippen molar-refractivity contribution >= 4 is 11.6 Å². The van der Waals surface area contributed by atoms with Gasteiger partial charge in [-0.3, -0.25) is 0 Å². The van der Waals surface area contributed by atoms with E-state index in [-0.39, 0.29) is 0 Å². The Morgan fingerprint density at radius 1 is 1.16 bits per heavy atom. The molecule has 0 saturated heterocycles. The second-order valence-corrected chi connectivity index (χ2v) is 5.59. The van der Waals surface area contributed by atoms with Crippen LogP contribution < -0.4 is 0 Å². The number of halogens is 1. The van der Waals surface area contributed by atoms with Crippen LogP contribution in [0.4, 0.5) is 0 Å². The van der Waals surface area contributed by atoms with Crippen molar-refractivity contribution < 1.29 is 0 Å². The Balaban J connectivity index is 1.91. The van der Waals surface area contributed by atoms with Crippen LogP contribution in [0.25, 0.3) is 0 Å². The van der Waals surface area contributed by atoms with E-state index in [4.69, 9.17) is 16.6 Å². The fourth-order valence-electron chi connectivity index (χ4n) is 2.68. The number of fused-ring (bicyclic) bond motifs is 1. The van der Waals surface area contributed by atoms with Gasteiger partial charge >= 0.3 is 0 Å². The van der Waals surface area contributed by atoms with Gasteiger partial charge in [0.2, 0.25) is 0 Å². The molecule has 0 spiro atoms. The van der Waals surface area contributed by atoms with E-state index in [0.29, 0.717) is 5.15 Å². The van der Waals surface area contributed by atoms with E-state index in [9.17, 15) is 0 Å². The summed E-state index contributed by atoms with van der Waals surface area (Å²) in [6.07, 6.45) is 5.24. The first kappa shape index (κ1) is 12.6.